The first-order chi connectivity index (χ1) is 8.97. The smallest absolute Gasteiger partial charge is 0.335 e. The van der Waals surface area contributed by atoms with E-state index in [1.807, 2.05) is 0 Å². The highest BCUT2D eigenvalue weighted by Crippen LogP contribution is 2.33. The molecule has 0 spiro atoms. The van der Waals surface area contributed by atoms with Gasteiger partial charge in [0.25, 0.3) is 0 Å². The number of aromatic carboxylic acids is 1. The lowest BCUT2D eigenvalue weighted by Gasteiger charge is -2.09. The Kier molecular flexibility index (Phi) is 4.29. The summed E-state index contributed by atoms with van der Waals surface area (Å²) in [7, 11) is 0. The van der Waals surface area contributed by atoms with Gasteiger partial charge in [0.1, 0.15) is 10.8 Å². The number of pyridine rings is 1. The molecule has 0 radical (unpaired) electrons. The maximum absolute atomic E-state index is 10.9. The molecule has 0 saturated carbocycles. The molecule has 0 fully saturated rings. The summed E-state index contributed by atoms with van der Waals surface area (Å²) in [6.07, 6.45) is 1.39. The van der Waals surface area contributed by atoms with E-state index in [4.69, 9.17) is 33.0 Å². The number of carboxylic acid groups (broad SMARTS) is 1. The van der Waals surface area contributed by atoms with Crippen molar-refractivity contribution in [3.05, 3.63) is 50.5 Å². The molecular weight excluding hydrogens is 357 g/mol. The Labute approximate surface area is 127 Å². The van der Waals surface area contributed by atoms with Crippen LogP contribution in [0.25, 0.3) is 0 Å². The van der Waals surface area contributed by atoms with Crippen molar-refractivity contribution in [2.45, 2.75) is 0 Å². The summed E-state index contributed by atoms with van der Waals surface area (Å²) in [5, 5.41) is 9.55. The lowest BCUT2D eigenvalue weighted by atomic mass is 10.2. The first-order valence-electron chi connectivity index (χ1n) is 4.99. The fraction of sp³-hybridized carbons (Fsp3) is 0. The highest BCUT2D eigenvalue weighted by atomic mass is 79.9. The molecule has 0 bridgehead atoms. The van der Waals surface area contributed by atoms with Crippen LogP contribution in [-0.4, -0.2) is 16.1 Å². The minimum atomic E-state index is -1.05. The number of halogens is 3. The maximum Gasteiger partial charge on any atom is 0.335 e. The third kappa shape index (κ3) is 3.37. The summed E-state index contributed by atoms with van der Waals surface area (Å²) >= 11 is 14.9. The Morgan fingerprint density at radius 2 is 2.05 bits per heavy atom. The molecule has 1 aromatic carbocycles. The molecule has 1 aromatic heterocycles. The molecule has 7 heteroatoms. The van der Waals surface area contributed by atoms with Crippen LogP contribution in [0.5, 0.6) is 11.6 Å². The molecule has 0 amide bonds. The molecule has 4 nitrogen and oxygen atoms in total. The molecule has 0 aliphatic rings. The number of aromatic nitrogens is 1. The molecule has 0 saturated heterocycles. The van der Waals surface area contributed by atoms with Crippen molar-refractivity contribution in [3.8, 4) is 11.6 Å². The van der Waals surface area contributed by atoms with Crippen LogP contribution in [-0.2, 0) is 0 Å². The number of carbonyl (C=O) groups is 1. The minimum absolute atomic E-state index is 0.100. The van der Waals surface area contributed by atoms with Gasteiger partial charge < -0.3 is 9.84 Å². The lowest BCUT2D eigenvalue weighted by Crippen LogP contribution is -1.97. The Morgan fingerprint density at radius 1 is 1.32 bits per heavy atom. The second kappa shape index (κ2) is 5.77. The molecule has 2 rings (SSSR count). The van der Waals surface area contributed by atoms with E-state index in [-0.39, 0.29) is 16.5 Å². The van der Waals surface area contributed by atoms with E-state index in [2.05, 4.69) is 20.9 Å². The van der Waals surface area contributed by atoms with Crippen LogP contribution in [0.3, 0.4) is 0 Å². The zero-order valence-corrected chi connectivity index (χ0v) is 12.3. The van der Waals surface area contributed by atoms with Gasteiger partial charge in [-0.05, 0) is 40.2 Å². The van der Waals surface area contributed by atoms with E-state index in [9.17, 15) is 4.79 Å². The predicted molar refractivity (Wildman–Crippen MR) is 75.4 cm³/mol. The molecular formula is C12H6BrCl2NO3. The van der Waals surface area contributed by atoms with Gasteiger partial charge in [0.15, 0.2) is 0 Å². The largest absolute Gasteiger partial charge is 0.478 e. The van der Waals surface area contributed by atoms with Gasteiger partial charge in [0, 0.05) is 6.20 Å². The van der Waals surface area contributed by atoms with E-state index in [1.165, 1.54) is 24.4 Å². The van der Waals surface area contributed by atoms with Crippen molar-refractivity contribution < 1.29 is 14.6 Å². The van der Waals surface area contributed by atoms with Crippen LogP contribution >= 0.6 is 39.1 Å². The van der Waals surface area contributed by atoms with Crippen LogP contribution in [0.15, 0.2) is 34.9 Å². The molecule has 19 heavy (non-hydrogen) atoms. The fourth-order valence-corrected chi connectivity index (χ4v) is 2.04. The van der Waals surface area contributed by atoms with E-state index in [0.29, 0.717) is 15.2 Å². The average molecular weight is 363 g/mol. The molecule has 1 N–H and O–H groups in total. The second-order valence-corrected chi connectivity index (χ2v) is 5.19. The number of ether oxygens (including phenoxy) is 1. The van der Waals surface area contributed by atoms with Crippen molar-refractivity contribution >= 4 is 45.1 Å². The van der Waals surface area contributed by atoms with Gasteiger partial charge in [0.05, 0.1) is 15.1 Å². The molecule has 1 heterocycles. The summed E-state index contributed by atoms with van der Waals surface area (Å²) in [4.78, 5) is 14.8. The number of nitrogens with zero attached hydrogens (tertiary/aromatic N) is 1. The van der Waals surface area contributed by atoms with Gasteiger partial charge >= 0.3 is 5.97 Å². The van der Waals surface area contributed by atoms with Gasteiger partial charge in [0.2, 0.25) is 5.88 Å². The van der Waals surface area contributed by atoms with Crippen molar-refractivity contribution in [2.24, 2.45) is 0 Å². The zero-order valence-electron chi connectivity index (χ0n) is 9.23. The number of benzene rings is 1. The van der Waals surface area contributed by atoms with Gasteiger partial charge in [-0.25, -0.2) is 9.78 Å². The quantitative estimate of drug-likeness (QED) is 0.863. The summed E-state index contributed by atoms with van der Waals surface area (Å²) in [5.41, 5.74) is 0.100. The third-order valence-electron chi connectivity index (χ3n) is 2.16. The van der Waals surface area contributed by atoms with Crippen molar-refractivity contribution in [1.82, 2.24) is 4.98 Å². The summed E-state index contributed by atoms with van der Waals surface area (Å²) in [6, 6.07) is 5.89. The molecule has 2 aromatic rings. The topological polar surface area (TPSA) is 59.4 Å². The van der Waals surface area contributed by atoms with Crippen LogP contribution in [0.1, 0.15) is 10.4 Å². The van der Waals surface area contributed by atoms with E-state index < -0.39 is 5.97 Å². The Balaban J connectivity index is 2.37. The minimum Gasteiger partial charge on any atom is -0.478 e. The molecule has 0 atom stereocenters. The van der Waals surface area contributed by atoms with Crippen LogP contribution in [0.4, 0.5) is 0 Å². The fourth-order valence-electron chi connectivity index (χ4n) is 1.30. The Morgan fingerprint density at radius 3 is 2.68 bits per heavy atom. The summed E-state index contributed by atoms with van der Waals surface area (Å²) < 4.78 is 6.06. The van der Waals surface area contributed by atoms with E-state index >= 15 is 0 Å². The van der Waals surface area contributed by atoms with Crippen LogP contribution in [0, 0.1) is 0 Å². The number of hydrogen-bond acceptors (Lipinski definition) is 3. The number of hydrogen-bond donors (Lipinski definition) is 1. The average Bonchev–Trinajstić information content (AvgIpc) is 2.34. The predicted octanol–water partition coefficient (Wildman–Crippen LogP) is 4.64. The zero-order chi connectivity index (χ0) is 14.0. The SMILES string of the molecule is O=C(O)c1ccc(Br)c(Oc2ncc(Cl)cc2Cl)c1. The Hall–Kier alpha value is -1.30. The van der Waals surface area contributed by atoms with Crippen molar-refractivity contribution in [3.63, 3.8) is 0 Å². The number of carboxylic acids is 1. The monoisotopic (exact) mass is 361 g/mol. The standard InChI is InChI=1S/C12H6BrCl2NO3/c13-8-2-1-6(12(17)18)3-10(8)19-11-9(15)4-7(14)5-16-11/h1-5H,(H,17,18). The summed E-state index contributed by atoms with van der Waals surface area (Å²) in [5.74, 6) is -0.599. The molecule has 0 aliphatic carbocycles. The maximum atomic E-state index is 10.9. The highest BCUT2D eigenvalue weighted by molar-refractivity contribution is 9.10. The van der Waals surface area contributed by atoms with Crippen molar-refractivity contribution in [1.29, 1.82) is 0 Å². The lowest BCUT2D eigenvalue weighted by molar-refractivity contribution is 0.0696. The normalized spacial score (nSPS) is 10.3. The van der Waals surface area contributed by atoms with Gasteiger partial charge in [-0.1, -0.05) is 23.2 Å². The Bertz CT molecular complexity index is 649. The summed E-state index contributed by atoms with van der Waals surface area (Å²) in [6.45, 7) is 0. The second-order valence-electron chi connectivity index (χ2n) is 3.49. The first-order valence-corrected chi connectivity index (χ1v) is 6.54. The molecule has 98 valence electrons. The van der Waals surface area contributed by atoms with E-state index in [1.54, 1.807) is 6.07 Å². The first kappa shape index (κ1) is 14.1. The van der Waals surface area contributed by atoms with Crippen LogP contribution < -0.4 is 4.74 Å². The van der Waals surface area contributed by atoms with Crippen molar-refractivity contribution in [2.75, 3.05) is 0 Å². The molecule has 0 aliphatic heterocycles. The van der Waals surface area contributed by atoms with Gasteiger partial charge in [-0.2, -0.15) is 0 Å². The van der Waals surface area contributed by atoms with Crippen LogP contribution in [0.2, 0.25) is 10.0 Å². The molecule has 0 unspecified atom stereocenters. The van der Waals surface area contributed by atoms with Gasteiger partial charge in [-0.3, -0.25) is 0 Å². The highest BCUT2D eigenvalue weighted by Gasteiger charge is 2.11. The third-order valence-corrected chi connectivity index (χ3v) is 3.29. The van der Waals surface area contributed by atoms with E-state index in [0.717, 1.165) is 0 Å². The van der Waals surface area contributed by atoms with Gasteiger partial charge in [-0.15, -0.1) is 0 Å². The number of rotatable bonds is 3.